The predicted octanol–water partition coefficient (Wildman–Crippen LogP) is -0.387. The molecular weight excluding hydrogens is 150 g/mol. The second-order valence-corrected chi connectivity index (χ2v) is 2.41. The Morgan fingerprint density at radius 3 is 2.36 bits per heavy atom. The first-order valence-corrected chi connectivity index (χ1v) is 3.17. The number of aliphatic hydroxyl groups is 1. The van der Waals surface area contributed by atoms with Crippen LogP contribution in [0.3, 0.4) is 0 Å². The van der Waals surface area contributed by atoms with Gasteiger partial charge in [0.2, 0.25) is 5.85 Å². The largest absolute Gasteiger partial charge is 0.465 e. The average molecular weight is 158 g/mol. The van der Waals surface area contributed by atoms with Gasteiger partial charge in [-0.3, -0.25) is 0 Å². The zero-order chi connectivity index (χ0) is 8.48. The Bertz CT molecular complexity index is 200. The average Bonchev–Trinajstić information content (AvgIpc) is 1.85. The van der Waals surface area contributed by atoms with Gasteiger partial charge in [0.15, 0.2) is 0 Å². The van der Waals surface area contributed by atoms with E-state index in [-0.39, 0.29) is 0 Å². The molecule has 0 saturated carbocycles. The van der Waals surface area contributed by atoms with E-state index in [0.717, 1.165) is 6.08 Å². The highest BCUT2D eigenvalue weighted by Crippen LogP contribution is 2.31. The molecule has 3 nitrogen and oxygen atoms in total. The third kappa shape index (κ3) is 1.68. The van der Waals surface area contributed by atoms with E-state index in [9.17, 15) is 4.39 Å². The van der Waals surface area contributed by atoms with Crippen LogP contribution >= 0.6 is 0 Å². The Hall–Kier alpha value is -0.645. The fraction of sp³-hybridized carbons (Fsp3) is 0.333. The first kappa shape index (κ1) is 8.45. The van der Waals surface area contributed by atoms with Gasteiger partial charge < -0.3 is 15.2 Å². The Morgan fingerprint density at radius 2 is 2.00 bits per heavy atom. The summed E-state index contributed by atoms with van der Waals surface area (Å²) in [4.78, 5) is 0. The fourth-order valence-electron chi connectivity index (χ4n) is 0.929. The van der Waals surface area contributed by atoms with Gasteiger partial charge >= 0.3 is 7.12 Å². The van der Waals surface area contributed by atoms with Crippen molar-refractivity contribution in [1.82, 2.24) is 0 Å². The number of alkyl halides is 1. The van der Waals surface area contributed by atoms with Crippen molar-refractivity contribution in [3.63, 3.8) is 0 Å². The highest BCUT2D eigenvalue weighted by molar-refractivity contribution is 6.44. The third-order valence-electron chi connectivity index (χ3n) is 1.55. The van der Waals surface area contributed by atoms with Gasteiger partial charge in [0.25, 0.3) is 0 Å². The van der Waals surface area contributed by atoms with Crippen molar-refractivity contribution in [2.24, 2.45) is 0 Å². The molecule has 3 N–H and O–H groups in total. The molecule has 0 spiro atoms. The molecule has 1 rings (SSSR count). The molecule has 5 heteroatoms. The summed E-state index contributed by atoms with van der Waals surface area (Å²) in [5, 5.41) is 26.0. The van der Waals surface area contributed by atoms with Crippen LogP contribution in [0.4, 0.5) is 4.39 Å². The number of allylic oxidation sites excluding steroid dienone is 2. The van der Waals surface area contributed by atoms with E-state index >= 15 is 0 Å². The van der Waals surface area contributed by atoms with Crippen LogP contribution in [0.15, 0.2) is 24.3 Å². The summed E-state index contributed by atoms with van der Waals surface area (Å²) < 4.78 is 12.9. The van der Waals surface area contributed by atoms with Gasteiger partial charge in [0, 0.05) is 0 Å². The molecule has 0 aromatic heterocycles. The van der Waals surface area contributed by atoms with E-state index in [1.165, 1.54) is 18.2 Å². The zero-order valence-electron chi connectivity index (χ0n) is 5.68. The van der Waals surface area contributed by atoms with E-state index in [1.807, 2.05) is 0 Å². The predicted molar refractivity (Wildman–Crippen MR) is 38.3 cm³/mol. The molecule has 0 radical (unpaired) electrons. The smallest absolute Gasteiger partial charge is 0.427 e. The van der Waals surface area contributed by atoms with E-state index in [1.54, 1.807) is 0 Å². The second kappa shape index (κ2) is 2.77. The zero-order valence-corrected chi connectivity index (χ0v) is 5.68. The van der Waals surface area contributed by atoms with Crippen LogP contribution in [0.1, 0.15) is 0 Å². The molecule has 0 saturated heterocycles. The normalized spacial score (nSPS) is 35.8. The van der Waals surface area contributed by atoms with Crippen molar-refractivity contribution in [3.05, 3.63) is 24.3 Å². The van der Waals surface area contributed by atoms with Gasteiger partial charge in [-0.05, 0) is 6.08 Å². The van der Waals surface area contributed by atoms with E-state index in [2.05, 4.69) is 0 Å². The molecule has 0 fully saturated rings. The van der Waals surface area contributed by atoms with Crippen LogP contribution in [0.2, 0.25) is 5.82 Å². The Balaban J connectivity index is 2.80. The lowest BCUT2D eigenvalue weighted by Gasteiger charge is -2.24. The number of rotatable bonds is 1. The summed E-state index contributed by atoms with van der Waals surface area (Å²) in [6.45, 7) is 0. The topological polar surface area (TPSA) is 60.7 Å². The van der Waals surface area contributed by atoms with E-state index in [0.29, 0.717) is 0 Å². The lowest BCUT2D eigenvalue weighted by molar-refractivity contribution is -0.0442. The highest BCUT2D eigenvalue weighted by Gasteiger charge is 2.41. The van der Waals surface area contributed by atoms with Crippen molar-refractivity contribution >= 4 is 7.12 Å². The van der Waals surface area contributed by atoms with Crippen LogP contribution in [-0.4, -0.2) is 28.1 Å². The molecule has 1 aliphatic carbocycles. The van der Waals surface area contributed by atoms with Crippen molar-refractivity contribution in [2.45, 2.75) is 11.7 Å². The van der Waals surface area contributed by atoms with Crippen molar-refractivity contribution in [2.75, 3.05) is 0 Å². The molecule has 0 aromatic carbocycles. The maximum absolute atomic E-state index is 12.9. The Labute approximate surface area is 63.6 Å². The molecule has 0 heterocycles. The maximum atomic E-state index is 12.9. The van der Waals surface area contributed by atoms with Gasteiger partial charge in [0.1, 0.15) is 0 Å². The molecule has 2 atom stereocenters. The standard InChI is InChI=1S/C6H8BFO3/c8-6(9)4-2-1-3-5(6)7(10)11/h1-5,9-11H. The van der Waals surface area contributed by atoms with Crippen molar-refractivity contribution in [1.29, 1.82) is 0 Å². The molecule has 11 heavy (non-hydrogen) atoms. The first-order valence-electron chi connectivity index (χ1n) is 3.17. The van der Waals surface area contributed by atoms with Crippen LogP contribution in [-0.2, 0) is 0 Å². The molecule has 0 bridgehead atoms. The van der Waals surface area contributed by atoms with Crippen LogP contribution in [0.25, 0.3) is 0 Å². The minimum Gasteiger partial charge on any atom is -0.427 e. The molecule has 0 aromatic rings. The molecule has 1 aliphatic rings. The fourth-order valence-corrected chi connectivity index (χ4v) is 0.929. The van der Waals surface area contributed by atoms with Gasteiger partial charge in [0.05, 0.1) is 5.82 Å². The van der Waals surface area contributed by atoms with Crippen LogP contribution in [0.5, 0.6) is 0 Å². The van der Waals surface area contributed by atoms with E-state index in [4.69, 9.17) is 15.2 Å². The van der Waals surface area contributed by atoms with Crippen molar-refractivity contribution in [3.8, 4) is 0 Å². The van der Waals surface area contributed by atoms with Gasteiger partial charge in [-0.25, -0.2) is 4.39 Å². The Morgan fingerprint density at radius 1 is 1.36 bits per heavy atom. The minimum absolute atomic E-state index is 0.872. The van der Waals surface area contributed by atoms with Gasteiger partial charge in [-0.1, -0.05) is 18.2 Å². The first-order chi connectivity index (χ1) is 5.04. The summed E-state index contributed by atoms with van der Waals surface area (Å²) in [6, 6.07) is 0. The van der Waals surface area contributed by atoms with Gasteiger partial charge in [-0.15, -0.1) is 0 Å². The van der Waals surface area contributed by atoms with E-state index < -0.39 is 18.8 Å². The quantitative estimate of drug-likeness (QED) is 0.455. The number of hydrogen-bond donors (Lipinski definition) is 3. The van der Waals surface area contributed by atoms with Crippen LogP contribution < -0.4 is 0 Å². The summed E-state index contributed by atoms with van der Waals surface area (Å²) in [7, 11) is -1.88. The van der Waals surface area contributed by atoms with Crippen molar-refractivity contribution < 1.29 is 19.5 Å². The van der Waals surface area contributed by atoms with Crippen LogP contribution in [0, 0.1) is 0 Å². The third-order valence-corrected chi connectivity index (χ3v) is 1.55. The minimum atomic E-state index is -2.65. The molecular formula is C6H8BFO3. The maximum Gasteiger partial charge on any atom is 0.465 e. The SMILES string of the molecule is OB(O)C1C=CC=CC1(O)F. The number of halogens is 1. The lowest BCUT2D eigenvalue weighted by atomic mass is 9.67. The van der Waals surface area contributed by atoms with Gasteiger partial charge in [-0.2, -0.15) is 0 Å². The Kier molecular flexibility index (Phi) is 2.13. The number of hydrogen-bond acceptors (Lipinski definition) is 3. The molecule has 0 amide bonds. The monoisotopic (exact) mass is 158 g/mol. The lowest BCUT2D eigenvalue weighted by Crippen LogP contribution is -2.37. The summed E-state index contributed by atoms with van der Waals surface area (Å²) in [5.74, 6) is -3.95. The molecule has 2 unspecified atom stereocenters. The summed E-state index contributed by atoms with van der Waals surface area (Å²) in [6.07, 6.45) is 4.82. The molecule has 0 aliphatic heterocycles. The second-order valence-electron chi connectivity index (χ2n) is 2.41. The molecule has 60 valence electrons. The summed E-state index contributed by atoms with van der Waals surface area (Å²) in [5.41, 5.74) is 0. The summed E-state index contributed by atoms with van der Waals surface area (Å²) >= 11 is 0. The highest BCUT2D eigenvalue weighted by atomic mass is 19.2.